The van der Waals surface area contributed by atoms with E-state index in [-0.39, 0.29) is 5.54 Å². The van der Waals surface area contributed by atoms with Crippen LogP contribution in [-0.2, 0) is 0 Å². The number of nitrogens with one attached hydrogen (secondary N) is 1. The Morgan fingerprint density at radius 3 is 2.55 bits per heavy atom. The molecule has 3 nitrogen and oxygen atoms in total. The quantitative estimate of drug-likeness (QED) is 0.656. The van der Waals surface area contributed by atoms with Gasteiger partial charge in [0, 0.05) is 6.54 Å². The third-order valence-corrected chi connectivity index (χ3v) is 4.57. The van der Waals surface area contributed by atoms with Crippen LogP contribution >= 0.6 is 0 Å². The molecule has 1 aliphatic carbocycles. The van der Waals surface area contributed by atoms with Crippen molar-refractivity contribution in [2.45, 2.75) is 70.8 Å². The van der Waals surface area contributed by atoms with Gasteiger partial charge in [-0.2, -0.15) is 5.26 Å². The van der Waals surface area contributed by atoms with Crippen LogP contribution in [0, 0.1) is 17.2 Å². The van der Waals surface area contributed by atoms with Crippen molar-refractivity contribution in [2.75, 3.05) is 26.7 Å². The molecule has 0 aromatic rings. The topological polar surface area (TPSA) is 39.1 Å². The van der Waals surface area contributed by atoms with Crippen LogP contribution in [0.2, 0.25) is 0 Å². The maximum atomic E-state index is 9.22. The van der Waals surface area contributed by atoms with Gasteiger partial charge in [-0.1, -0.05) is 26.2 Å². The minimum atomic E-state index is -0.337. The van der Waals surface area contributed by atoms with E-state index in [0.29, 0.717) is 0 Å². The zero-order valence-corrected chi connectivity index (χ0v) is 13.7. The molecule has 0 bridgehead atoms. The summed E-state index contributed by atoms with van der Waals surface area (Å²) >= 11 is 0. The fourth-order valence-corrected chi connectivity index (χ4v) is 3.34. The highest BCUT2D eigenvalue weighted by molar-refractivity contribution is 5.03. The fraction of sp³-hybridized carbons (Fsp3) is 0.941. The van der Waals surface area contributed by atoms with Crippen LogP contribution in [0.1, 0.15) is 65.2 Å². The molecule has 3 heteroatoms. The first-order valence-electron chi connectivity index (χ1n) is 8.44. The predicted molar refractivity (Wildman–Crippen MR) is 85.6 cm³/mol. The second-order valence-corrected chi connectivity index (χ2v) is 6.70. The summed E-state index contributed by atoms with van der Waals surface area (Å²) < 4.78 is 0. The Bertz CT molecular complexity index is 291. The summed E-state index contributed by atoms with van der Waals surface area (Å²) in [6.07, 6.45) is 10.4. The average molecular weight is 279 g/mol. The van der Waals surface area contributed by atoms with E-state index in [9.17, 15) is 5.26 Å². The highest BCUT2D eigenvalue weighted by Crippen LogP contribution is 2.24. The summed E-state index contributed by atoms with van der Waals surface area (Å²) in [5.74, 6) is 0.930. The standard InChI is InChI=1S/C17H33N3/c1-4-19-17(2,15-18)12-8-9-13-20(3)14-16-10-6-5-7-11-16/h16,19H,4-14H2,1-3H3. The van der Waals surface area contributed by atoms with Gasteiger partial charge in [0.2, 0.25) is 0 Å². The van der Waals surface area contributed by atoms with Gasteiger partial charge in [-0.05, 0) is 65.1 Å². The van der Waals surface area contributed by atoms with Crippen LogP contribution in [0.3, 0.4) is 0 Å². The van der Waals surface area contributed by atoms with E-state index in [1.165, 1.54) is 51.6 Å². The Kier molecular flexibility index (Phi) is 8.18. The molecule has 1 N–H and O–H groups in total. The van der Waals surface area contributed by atoms with Crippen LogP contribution in [0.25, 0.3) is 0 Å². The second kappa shape index (κ2) is 9.37. The highest BCUT2D eigenvalue weighted by Gasteiger charge is 2.21. The summed E-state index contributed by atoms with van der Waals surface area (Å²) in [5.41, 5.74) is -0.337. The van der Waals surface area contributed by atoms with Crippen molar-refractivity contribution in [3.05, 3.63) is 0 Å². The first kappa shape index (κ1) is 17.5. The van der Waals surface area contributed by atoms with E-state index in [1.807, 2.05) is 6.92 Å². The molecule has 1 saturated carbocycles. The summed E-state index contributed by atoms with van der Waals surface area (Å²) in [4.78, 5) is 2.49. The van der Waals surface area contributed by atoms with E-state index in [1.54, 1.807) is 0 Å². The van der Waals surface area contributed by atoms with E-state index in [0.717, 1.165) is 25.3 Å². The van der Waals surface area contributed by atoms with E-state index in [4.69, 9.17) is 0 Å². The molecular weight excluding hydrogens is 246 g/mol. The van der Waals surface area contributed by atoms with E-state index < -0.39 is 0 Å². The normalized spacial score (nSPS) is 19.8. The molecular formula is C17H33N3. The molecule has 0 amide bonds. The maximum absolute atomic E-state index is 9.22. The Labute approximate surface area is 125 Å². The molecule has 1 aliphatic rings. The lowest BCUT2D eigenvalue weighted by Gasteiger charge is -2.27. The number of rotatable bonds is 9. The van der Waals surface area contributed by atoms with Crippen molar-refractivity contribution < 1.29 is 0 Å². The molecule has 1 fully saturated rings. The maximum Gasteiger partial charge on any atom is 0.103 e. The van der Waals surface area contributed by atoms with Crippen LogP contribution in [0.4, 0.5) is 0 Å². The molecule has 0 radical (unpaired) electrons. The second-order valence-electron chi connectivity index (χ2n) is 6.70. The zero-order chi connectivity index (χ0) is 14.8. The van der Waals surface area contributed by atoms with Gasteiger partial charge in [0.15, 0.2) is 0 Å². The Balaban J connectivity index is 2.12. The number of nitrogens with zero attached hydrogens (tertiary/aromatic N) is 2. The summed E-state index contributed by atoms with van der Waals surface area (Å²) in [6.45, 7) is 7.38. The molecule has 1 atom stereocenters. The van der Waals surface area contributed by atoms with Gasteiger partial charge >= 0.3 is 0 Å². The lowest BCUT2D eigenvalue weighted by atomic mass is 9.89. The Morgan fingerprint density at radius 1 is 1.25 bits per heavy atom. The molecule has 116 valence electrons. The Morgan fingerprint density at radius 2 is 1.95 bits per heavy atom. The third kappa shape index (κ3) is 6.72. The fourth-order valence-electron chi connectivity index (χ4n) is 3.34. The molecule has 0 heterocycles. The summed E-state index contributed by atoms with van der Waals surface area (Å²) in [5, 5.41) is 12.5. The van der Waals surface area contributed by atoms with Gasteiger partial charge in [0.1, 0.15) is 5.54 Å². The van der Waals surface area contributed by atoms with Crippen molar-refractivity contribution in [1.82, 2.24) is 10.2 Å². The van der Waals surface area contributed by atoms with Crippen LogP contribution < -0.4 is 5.32 Å². The minimum Gasteiger partial charge on any atom is -0.306 e. The molecule has 20 heavy (non-hydrogen) atoms. The molecule has 0 aromatic heterocycles. The summed E-state index contributed by atoms with van der Waals surface area (Å²) in [7, 11) is 2.25. The smallest absolute Gasteiger partial charge is 0.103 e. The van der Waals surface area contributed by atoms with Gasteiger partial charge in [-0.15, -0.1) is 0 Å². The lowest BCUT2D eigenvalue weighted by molar-refractivity contribution is 0.228. The number of hydrogen-bond donors (Lipinski definition) is 1. The Hall–Kier alpha value is -0.590. The third-order valence-electron chi connectivity index (χ3n) is 4.57. The first-order valence-corrected chi connectivity index (χ1v) is 8.44. The van der Waals surface area contributed by atoms with Crippen molar-refractivity contribution in [3.8, 4) is 6.07 Å². The molecule has 1 unspecified atom stereocenters. The molecule has 0 spiro atoms. The van der Waals surface area contributed by atoms with Gasteiger partial charge in [-0.3, -0.25) is 5.32 Å². The zero-order valence-electron chi connectivity index (χ0n) is 13.7. The van der Waals surface area contributed by atoms with Gasteiger partial charge in [0.05, 0.1) is 6.07 Å². The molecule has 0 aromatic carbocycles. The average Bonchev–Trinajstić information content (AvgIpc) is 2.45. The van der Waals surface area contributed by atoms with Crippen LogP contribution in [-0.4, -0.2) is 37.1 Å². The van der Waals surface area contributed by atoms with Crippen LogP contribution in [0.5, 0.6) is 0 Å². The van der Waals surface area contributed by atoms with Crippen molar-refractivity contribution in [3.63, 3.8) is 0 Å². The predicted octanol–water partition coefficient (Wildman–Crippen LogP) is 3.56. The first-order chi connectivity index (χ1) is 9.59. The number of hydrogen-bond acceptors (Lipinski definition) is 3. The SMILES string of the molecule is CCNC(C)(C#N)CCCCN(C)CC1CCCCC1. The summed E-state index contributed by atoms with van der Waals surface area (Å²) in [6, 6.07) is 2.41. The van der Waals surface area contributed by atoms with Crippen molar-refractivity contribution in [2.24, 2.45) is 5.92 Å². The van der Waals surface area contributed by atoms with Crippen LogP contribution in [0.15, 0.2) is 0 Å². The number of nitriles is 1. The van der Waals surface area contributed by atoms with Gasteiger partial charge in [0.25, 0.3) is 0 Å². The molecule has 0 aliphatic heterocycles. The lowest BCUT2D eigenvalue weighted by Crippen LogP contribution is -2.40. The highest BCUT2D eigenvalue weighted by atomic mass is 15.1. The van der Waals surface area contributed by atoms with Gasteiger partial charge < -0.3 is 4.90 Å². The minimum absolute atomic E-state index is 0.337. The van der Waals surface area contributed by atoms with E-state index in [2.05, 4.69) is 30.3 Å². The number of unbranched alkanes of at least 4 members (excludes halogenated alkanes) is 1. The monoisotopic (exact) mass is 279 g/mol. The van der Waals surface area contributed by atoms with Gasteiger partial charge in [-0.25, -0.2) is 0 Å². The van der Waals surface area contributed by atoms with Crippen molar-refractivity contribution in [1.29, 1.82) is 5.26 Å². The van der Waals surface area contributed by atoms with E-state index >= 15 is 0 Å². The largest absolute Gasteiger partial charge is 0.306 e. The molecule has 0 saturated heterocycles. The molecule has 1 rings (SSSR count). The van der Waals surface area contributed by atoms with Crippen molar-refractivity contribution >= 4 is 0 Å².